The Hall–Kier alpha value is -2.36. The highest BCUT2D eigenvalue weighted by atomic mass is 79.9. The number of rotatable bonds is 4. The van der Waals surface area contributed by atoms with E-state index in [1.165, 1.54) is 0 Å². The lowest BCUT2D eigenvalue weighted by atomic mass is 9.94. The number of ether oxygens (including phenoxy) is 1. The van der Waals surface area contributed by atoms with Crippen molar-refractivity contribution in [3.8, 4) is 5.75 Å². The second-order valence-electron chi connectivity index (χ2n) is 8.95. The molecule has 2 aromatic rings. The summed E-state index contributed by atoms with van der Waals surface area (Å²) in [4.78, 5) is 29.1. The Bertz CT molecular complexity index is 1100. The van der Waals surface area contributed by atoms with Gasteiger partial charge in [0.05, 0.1) is 22.3 Å². The van der Waals surface area contributed by atoms with Crippen LogP contribution in [0.15, 0.2) is 40.9 Å². The average molecular weight is 568 g/mol. The monoisotopic (exact) mass is 566 g/mol. The van der Waals surface area contributed by atoms with Gasteiger partial charge in [-0.1, -0.05) is 32.4 Å². The topological polar surface area (TPSA) is 73.9 Å². The van der Waals surface area contributed by atoms with E-state index in [-0.39, 0.29) is 22.3 Å². The van der Waals surface area contributed by atoms with Crippen molar-refractivity contribution < 1.29 is 14.3 Å². The van der Waals surface area contributed by atoms with Crippen LogP contribution in [0.25, 0.3) is 0 Å². The number of nitrogens with zero attached hydrogens (tertiary/aromatic N) is 2. The predicted molar refractivity (Wildman–Crippen MR) is 144 cm³/mol. The Morgan fingerprint density at radius 2 is 1.76 bits per heavy atom. The molecule has 1 aliphatic heterocycles. The Morgan fingerprint density at radius 1 is 1.09 bits per heavy atom. The molecule has 0 aromatic heterocycles. The third kappa shape index (κ3) is 6.40. The SMILES string of the molecule is COc1ccc(C(=O)NC(=S)Nc2ccc(N3CCN(C(=O)C(C)(C)C)CC3)c(Cl)c2)cc1Br. The van der Waals surface area contributed by atoms with Crippen molar-refractivity contribution in [1.82, 2.24) is 10.2 Å². The molecule has 2 N–H and O–H groups in total. The van der Waals surface area contributed by atoms with Crippen LogP contribution in [0.5, 0.6) is 5.75 Å². The molecule has 7 nitrogen and oxygen atoms in total. The van der Waals surface area contributed by atoms with Crippen LogP contribution >= 0.6 is 39.7 Å². The molecule has 182 valence electrons. The Balaban J connectivity index is 1.58. The summed E-state index contributed by atoms with van der Waals surface area (Å²) in [5.41, 5.74) is 1.61. The lowest BCUT2D eigenvalue weighted by Crippen LogP contribution is -2.51. The molecule has 1 fully saturated rings. The lowest BCUT2D eigenvalue weighted by molar-refractivity contribution is -0.139. The Labute approximate surface area is 218 Å². The molecule has 1 saturated heterocycles. The van der Waals surface area contributed by atoms with E-state index in [2.05, 4.69) is 31.5 Å². The van der Waals surface area contributed by atoms with Gasteiger partial charge in [-0.25, -0.2) is 0 Å². The number of amides is 2. The molecule has 0 bridgehead atoms. The number of hydrogen-bond acceptors (Lipinski definition) is 5. The van der Waals surface area contributed by atoms with E-state index in [1.54, 1.807) is 31.4 Å². The number of hydrogen-bond donors (Lipinski definition) is 2. The van der Waals surface area contributed by atoms with Gasteiger partial charge in [-0.2, -0.15) is 0 Å². The summed E-state index contributed by atoms with van der Waals surface area (Å²) < 4.78 is 5.86. The first-order chi connectivity index (χ1) is 16.0. The largest absolute Gasteiger partial charge is 0.496 e. The van der Waals surface area contributed by atoms with Crippen molar-refractivity contribution in [2.24, 2.45) is 5.41 Å². The fraction of sp³-hybridized carbons (Fsp3) is 0.375. The van der Waals surface area contributed by atoms with Crippen LogP contribution in [0, 0.1) is 5.41 Å². The van der Waals surface area contributed by atoms with Crippen molar-refractivity contribution >= 4 is 68.1 Å². The van der Waals surface area contributed by atoms with Crippen LogP contribution < -0.4 is 20.3 Å². The van der Waals surface area contributed by atoms with E-state index in [0.29, 0.717) is 52.7 Å². The number of thiocarbonyl (C=S) groups is 1. The summed E-state index contributed by atoms with van der Waals surface area (Å²) >= 11 is 15.2. The molecule has 0 radical (unpaired) electrons. The van der Waals surface area contributed by atoms with E-state index < -0.39 is 0 Å². The van der Waals surface area contributed by atoms with Gasteiger partial charge in [0, 0.05) is 42.8 Å². The molecule has 0 unspecified atom stereocenters. The number of nitrogens with one attached hydrogen (secondary N) is 2. The molecule has 2 aromatic carbocycles. The smallest absolute Gasteiger partial charge is 0.257 e. The zero-order valence-electron chi connectivity index (χ0n) is 19.6. The average Bonchev–Trinajstić information content (AvgIpc) is 2.78. The van der Waals surface area contributed by atoms with Crippen molar-refractivity contribution in [3.05, 3.63) is 51.5 Å². The highest BCUT2D eigenvalue weighted by Gasteiger charge is 2.30. The van der Waals surface area contributed by atoms with Crippen molar-refractivity contribution in [2.75, 3.05) is 43.5 Å². The van der Waals surface area contributed by atoms with Crippen LogP contribution in [0.4, 0.5) is 11.4 Å². The van der Waals surface area contributed by atoms with E-state index in [0.717, 1.165) is 5.69 Å². The first-order valence-electron chi connectivity index (χ1n) is 10.8. The number of anilines is 2. The van der Waals surface area contributed by atoms with Gasteiger partial charge in [0.2, 0.25) is 5.91 Å². The molecule has 0 atom stereocenters. The second-order valence-corrected chi connectivity index (χ2v) is 10.6. The van der Waals surface area contributed by atoms with E-state index in [4.69, 9.17) is 28.6 Å². The van der Waals surface area contributed by atoms with E-state index >= 15 is 0 Å². The minimum atomic E-state index is -0.384. The van der Waals surface area contributed by atoms with Gasteiger partial charge in [0.25, 0.3) is 5.91 Å². The van der Waals surface area contributed by atoms with Crippen LogP contribution in [0.3, 0.4) is 0 Å². The highest BCUT2D eigenvalue weighted by Crippen LogP contribution is 2.30. The summed E-state index contributed by atoms with van der Waals surface area (Å²) in [6.07, 6.45) is 0. The molecule has 0 saturated carbocycles. The molecule has 1 aliphatic rings. The van der Waals surface area contributed by atoms with Crippen LogP contribution in [-0.4, -0.2) is 55.1 Å². The number of methoxy groups -OCH3 is 1. The zero-order valence-corrected chi connectivity index (χ0v) is 22.7. The maximum absolute atomic E-state index is 12.5. The molecule has 0 aliphatic carbocycles. The Kier molecular flexibility index (Phi) is 8.43. The normalized spacial score (nSPS) is 13.9. The standard InChI is InChI=1S/C24H28BrClN4O3S/c1-24(2,3)22(32)30-11-9-29(10-12-30)19-7-6-16(14-18(19)26)27-23(34)28-21(31)15-5-8-20(33-4)17(25)13-15/h5-8,13-14H,9-12H2,1-4H3,(H2,27,28,31,34). The summed E-state index contributed by atoms with van der Waals surface area (Å²) in [5.74, 6) is 0.454. The first kappa shape index (κ1) is 26.2. The number of carbonyl (C=O) groups is 2. The van der Waals surface area contributed by atoms with Crippen molar-refractivity contribution in [1.29, 1.82) is 0 Å². The molecular formula is C24H28BrClN4O3S. The van der Waals surface area contributed by atoms with Gasteiger partial charge in [0.1, 0.15) is 5.75 Å². The molecule has 34 heavy (non-hydrogen) atoms. The minimum Gasteiger partial charge on any atom is -0.496 e. The third-order valence-electron chi connectivity index (χ3n) is 5.40. The van der Waals surface area contributed by atoms with Crippen LogP contribution in [0.1, 0.15) is 31.1 Å². The zero-order chi connectivity index (χ0) is 25.0. The second kappa shape index (κ2) is 10.9. The third-order valence-corrected chi connectivity index (χ3v) is 6.52. The van der Waals surface area contributed by atoms with Gasteiger partial charge in [-0.05, 0) is 64.5 Å². The van der Waals surface area contributed by atoms with Gasteiger partial charge in [-0.3, -0.25) is 14.9 Å². The van der Waals surface area contributed by atoms with Gasteiger partial charge < -0.3 is 19.9 Å². The van der Waals surface area contributed by atoms with Gasteiger partial charge in [0.15, 0.2) is 5.11 Å². The fourth-order valence-electron chi connectivity index (χ4n) is 3.61. The predicted octanol–water partition coefficient (Wildman–Crippen LogP) is 4.93. The van der Waals surface area contributed by atoms with Gasteiger partial charge in [-0.15, -0.1) is 0 Å². The van der Waals surface area contributed by atoms with E-state index in [9.17, 15) is 9.59 Å². The maximum Gasteiger partial charge on any atom is 0.257 e. The molecule has 10 heteroatoms. The first-order valence-corrected chi connectivity index (χ1v) is 12.4. The van der Waals surface area contributed by atoms with E-state index in [1.807, 2.05) is 37.8 Å². The van der Waals surface area contributed by atoms with Crippen LogP contribution in [0.2, 0.25) is 5.02 Å². The minimum absolute atomic E-state index is 0.162. The summed E-state index contributed by atoms with van der Waals surface area (Å²) in [5, 5.41) is 6.39. The van der Waals surface area contributed by atoms with Crippen molar-refractivity contribution in [2.45, 2.75) is 20.8 Å². The van der Waals surface area contributed by atoms with Gasteiger partial charge >= 0.3 is 0 Å². The summed E-state index contributed by atoms with van der Waals surface area (Å²) in [6.45, 7) is 8.54. The fourth-order valence-corrected chi connectivity index (χ4v) is 4.66. The number of halogens is 2. The molecule has 1 heterocycles. The van der Waals surface area contributed by atoms with Crippen molar-refractivity contribution in [3.63, 3.8) is 0 Å². The summed E-state index contributed by atoms with van der Waals surface area (Å²) in [6, 6.07) is 10.6. The number of carbonyl (C=O) groups excluding carboxylic acids is 2. The molecular weight excluding hydrogens is 540 g/mol. The number of piperazine rings is 1. The highest BCUT2D eigenvalue weighted by molar-refractivity contribution is 9.10. The molecule has 0 spiro atoms. The Morgan fingerprint density at radius 3 is 2.32 bits per heavy atom. The quantitative estimate of drug-likeness (QED) is 0.511. The molecule has 3 rings (SSSR count). The lowest BCUT2D eigenvalue weighted by Gasteiger charge is -2.39. The summed E-state index contributed by atoms with van der Waals surface area (Å²) in [7, 11) is 1.56. The number of benzene rings is 2. The maximum atomic E-state index is 12.5. The molecule has 2 amide bonds. The van der Waals surface area contributed by atoms with Crippen LogP contribution in [-0.2, 0) is 4.79 Å².